The van der Waals surface area contributed by atoms with E-state index >= 15 is 0 Å². The van der Waals surface area contributed by atoms with Gasteiger partial charge in [0, 0.05) is 40.6 Å². The molecule has 0 unspecified atom stereocenters. The van der Waals surface area contributed by atoms with E-state index in [1.54, 1.807) is 23.2 Å². The predicted molar refractivity (Wildman–Crippen MR) is 129 cm³/mol. The van der Waals surface area contributed by atoms with Crippen LogP contribution in [-0.4, -0.2) is 74.6 Å². The zero-order valence-electron chi connectivity index (χ0n) is 20.6. The number of hydrogen-bond donors (Lipinski definition) is 1. The van der Waals surface area contributed by atoms with Crippen LogP contribution in [0.1, 0.15) is 38.1 Å². The molecule has 4 heterocycles. The Kier molecular flexibility index (Phi) is 6.27. The lowest BCUT2D eigenvalue weighted by atomic mass is 10.0. The highest BCUT2D eigenvalue weighted by Gasteiger charge is 2.48. The van der Waals surface area contributed by atoms with Gasteiger partial charge in [-0.2, -0.15) is 0 Å². The number of carbonyl (C=O) groups is 2. The second-order valence-corrected chi connectivity index (χ2v) is 10.1. The maximum atomic E-state index is 12.4. The summed E-state index contributed by atoms with van der Waals surface area (Å²) in [5, 5.41) is 10.6. The van der Waals surface area contributed by atoms with Crippen LogP contribution in [0.3, 0.4) is 0 Å². The standard InChI is InChI=1S/C26H29N3O7/c1-14(30)18-10-29(11-22(32)36-26(2,3)4)19-6-5-15(7-17(18)19)16-8-27-25(28-9-16)35-21-13-34-23-20(31)12-33-24(21)23/h5-10,20-21,23-24,31H,11-13H2,1-4H3/t20-,21-,23-,24-/m1/s1. The van der Waals surface area contributed by atoms with Gasteiger partial charge in [0.2, 0.25) is 0 Å². The molecule has 0 bridgehead atoms. The molecular formula is C26H29N3O7. The summed E-state index contributed by atoms with van der Waals surface area (Å²) >= 11 is 0. The predicted octanol–water partition coefficient (Wildman–Crippen LogP) is 2.55. The summed E-state index contributed by atoms with van der Waals surface area (Å²) in [7, 11) is 0. The summed E-state index contributed by atoms with van der Waals surface area (Å²) < 4.78 is 24.2. The van der Waals surface area contributed by atoms with E-state index in [1.807, 2.05) is 39.0 Å². The molecule has 2 saturated heterocycles. The van der Waals surface area contributed by atoms with Gasteiger partial charge in [-0.3, -0.25) is 9.59 Å². The van der Waals surface area contributed by atoms with Gasteiger partial charge >= 0.3 is 12.0 Å². The summed E-state index contributed by atoms with van der Waals surface area (Å²) in [5.41, 5.74) is 2.24. The van der Waals surface area contributed by atoms with Gasteiger partial charge in [0.15, 0.2) is 11.9 Å². The minimum absolute atomic E-state index is 0.00299. The lowest BCUT2D eigenvalue weighted by molar-refractivity contribution is -0.155. The SMILES string of the molecule is CC(=O)c1cn(CC(=O)OC(C)(C)C)c2ccc(-c3cnc(O[C@@H]4CO[C@H]5[C@@H]4OC[C@H]5O)nc3)cc12. The molecule has 5 rings (SSSR count). The van der Waals surface area contributed by atoms with Crippen LogP contribution in [0.25, 0.3) is 22.0 Å². The van der Waals surface area contributed by atoms with Gasteiger partial charge in [-0.1, -0.05) is 6.07 Å². The van der Waals surface area contributed by atoms with Crippen molar-refractivity contribution in [3.8, 4) is 17.1 Å². The number of ketones is 1. The number of aliphatic hydroxyl groups is 1. The Morgan fingerprint density at radius 2 is 1.83 bits per heavy atom. The van der Waals surface area contributed by atoms with E-state index in [1.165, 1.54) is 6.92 Å². The molecule has 2 aliphatic heterocycles. The normalized spacial score (nSPS) is 23.6. The fourth-order valence-corrected chi connectivity index (χ4v) is 4.61. The highest BCUT2D eigenvalue weighted by molar-refractivity contribution is 6.08. The molecule has 0 amide bonds. The highest BCUT2D eigenvalue weighted by Crippen LogP contribution is 2.31. The van der Waals surface area contributed by atoms with E-state index in [0.29, 0.717) is 12.2 Å². The molecule has 2 fully saturated rings. The number of hydrogen-bond acceptors (Lipinski definition) is 9. The molecule has 10 nitrogen and oxygen atoms in total. The Morgan fingerprint density at radius 3 is 2.53 bits per heavy atom. The highest BCUT2D eigenvalue weighted by atomic mass is 16.6. The van der Waals surface area contributed by atoms with Crippen molar-refractivity contribution in [3.63, 3.8) is 0 Å². The molecule has 0 saturated carbocycles. The molecule has 36 heavy (non-hydrogen) atoms. The van der Waals surface area contributed by atoms with Crippen LogP contribution in [0.15, 0.2) is 36.8 Å². The number of carbonyl (C=O) groups excluding carboxylic acids is 2. The fourth-order valence-electron chi connectivity index (χ4n) is 4.61. The fraction of sp³-hybridized carbons (Fsp3) is 0.462. The van der Waals surface area contributed by atoms with Crippen LogP contribution >= 0.6 is 0 Å². The molecule has 2 aromatic heterocycles. The maximum absolute atomic E-state index is 12.4. The van der Waals surface area contributed by atoms with Crippen molar-refractivity contribution in [1.82, 2.24) is 14.5 Å². The summed E-state index contributed by atoms with van der Waals surface area (Å²) in [6.07, 6.45) is 3.20. The van der Waals surface area contributed by atoms with Crippen molar-refractivity contribution < 1.29 is 33.6 Å². The second-order valence-electron chi connectivity index (χ2n) is 10.1. The molecule has 3 aromatic rings. The maximum Gasteiger partial charge on any atom is 0.326 e. The zero-order chi connectivity index (χ0) is 25.6. The molecule has 0 aliphatic carbocycles. The first-order valence-corrected chi connectivity index (χ1v) is 11.8. The lowest BCUT2D eigenvalue weighted by Crippen LogP contribution is -2.34. The molecular weight excluding hydrogens is 466 g/mol. The molecule has 10 heteroatoms. The molecule has 1 aromatic carbocycles. The third-order valence-electron chi connectivity index (χ3n) is 6.18. The van der Waals surface area contributed by atoms with Crippen LogP contribution < -0.4 is 4.74 Å². The van der Waals surface area contributed by atoms with Gasteiger partial charge in [0.1, 0.15) is 30.5 Å². The molecule has 1 N–H and O–H groups in total. The van der Waals surface area contributed by atoms with Crippen molar-refractivity contribution in [2.24, 2.45) is 0 Å². The average Bonchev–Trinajstić information content (AvgIpc) is 3.48. The van der Waals surface area contributed by atoms with Gasteiger partial charge in [0.05, 0.1) is 13.2 Å². The smallest absolute Gasteiger partial charge is 0.326 e. The largest absolute Gasteiger partial charge is 0.459 e. The average molecular weight is 496 g/mol. The van der Waals surface area contributed by atoms with E-state index < -0.39 is 17.8 Å². The zero-order valence-corrected chi connectivity index (χ0v) is 20.6. The first-order chi connectivity index (χ1) is 17.1. The number of esters is 1. The van der Waals surface area contributed by atoms with E-state index in [0.717, 1.165) is 22.0 Å². The number of aliphatic hydroxyl groups excluding tert-OH is 1. The summed E-state index contributed by atoms with van der Waals surface area (Å²) in [5.74, 6) is -0.476. The summed E-state index contributed by atoms with van der Waals surface area (Å²) in [6, 6.07) is 5.83. The summed E-state index contributed by atoms with van der Waals surface area (Å²) in [6.45, 7) is 7.46. The lowest BCUT2D eigenvalue weighted by Gasteiger charge is -2.19. The number of aromatic nitrogens is 3. The monoisotopic (exact) mass is 495 g/mol. The first kappa shape index (κ1) is 24.4. The summed E-state index contributed by atoms with van der Waals surface area (Å²) in [4.78, 5) is 33.4. The van der Waals surface area contributed by atoms with E-state index in [4.69, 9.17) is 18.9 Å². The second kappa shape index (κ2) is 9.27. The van der Waals surface area contributed by atoms with Crippen LogP contribution in [0, 0.1) is 0 Å². The Hall–Kier alpha value is -3.34. The number of benzene rings is 1. The topological polar surface area (TPSA) is 122 Å². The molecule has 2 aliphatic rings. The van der Waals surface area contributed by atoms with E-state index in [9.17, 15) is 14.7 Å². The number of rotatable bonds is 6. The third-order valence-corrected chi connectivity index (χ3v) is 6.18. The molecule has 0 spiro atoms. The van der Waals surface area contributed by atoms with Gasteiger partial charge in [-0.15, -0.1) is 0 Å². The van der Waals surface area contributed by atoms with Crippen molar-refractivity contribution in [2.75, 3.05) is 13.2 Å². The van der Waals surface area contributed by atoms with Crippen molar-refractivity contribution in [1.29, 1.82) is 0 Å². The third kappa shape index (κ3) is 4.84. The Labute approximate surface area is 208 Å². The first-order valence-electron chi connectivity index (χ1n) is 11.8. The number of ether oxygens (including phenoxy) is 4. The van der Waals surface area contributed by atoms with Gasteiger partial charge in [0.25, 0.3) is 0 Å². The molecule has 0 radical (unpaired) electrons. The van der Waals surface area contributed by atoms with E-state index in [-0.39, 0.29) is 43.1 Å². The van der Waals surface area contributed by atoms with E-state index in [2.05, 4.69) is 9.97 Å². The van der Waals surface area contributed by atoms with Crippen molar-refractivity contribution in [3.05, 3.63) is 42.4 Å². The quantitative estimate of drug-likeness (QED) is 0.406. The van der Waals surface area contributed by atoms with Gasteiger partial charge in [-0.05, 0) is 45.4 Å². The Bertz CT molecular complexity index is 1300. The minimum Gasteiger partial charge on any atom is -0.459 e. The van der Waals surface area contributed by atoms with Gasteiger partial charge < -0.3 is 28.6 Å². The number of fused-ring (bicyclic) bond motifs is 2. The minimum atomic E-state index is -0.652. The Balaban J connectivity index is 1.36. The molecule has 4 atom stereocenters. The van der Waals surface area contributed by atoms with Crippen LogP contribution in [0.2, 0.25) is 0 Å². The number of nitrogens with zero attached hydrogens (tertiary/aromatic N) is 3. The van der Waals surface area contributed by atoms with Crippen molar-refractivity contribution >= 4 is 22.7 Å². The van der Waals surface area contributed by atoms with Crippen LogP contribution in [0.4, 0.5) is 0 Å². The van der Waals surface area contributed by atoms with Crippen LogP contribution in [0.5, 0.6) is 6.01 Å². The molecule has 190 valence electrons. The number of Topliss-reactive ketones (excluding diaryl/α,β-unsaturated/α-hetero) is 1. The van der Waals surface area contributed by atoms with Gasteiger partial charge in [-0.25, -0.2) is 9.97 Å². The van der Waals surface area contributed by atoms with Crippen molar-refractivity contribution in [2.45, 2.75) is 64.3 Å². The Morgan fingerprint density at radius 1 is 1.11 bits per heavy atom. The van der Waals surface area contributed by atoms with Crippen LogP contribution in [-0.2, 0) is 25.5 Å².